The van der Waals surface area contributed by atoms with Gasteiger partial charge in [-0.1, -0.05) is 12.8 Å². The molecular formula is C17H25N3O3. The van der Waals surface area contributed by atoms with E-state index < -0.39 is 0 Å². The number of rotatable bonds is 6. The molecule has 0 bridgehead atoms. The third-order valence-electron chi connectivity index (χ3n) is 4.75. The minimum Gasteiger partial charge on any atom is -0.467 e. The van der Waals surface area contributed by atoms with E-state index in [1.807, 2.05) is 11.0 Å². The van der Waals surface area contributed by atoms with Gasteiger partial charge in [-0.25, -0.2) is 0 Å². The molecule has 0 radical (unpaired) electrons. The smallest absolute Gasteiger partial charge is 0.237 e. The number of likely N-dealkylation sites (tertiary alicyclic amines) is 1. The third-order valence-corrected chi connectivity index (χ3v) is 4.75. The van der Waals surface area contributed by atoms with Gasteiger partial charge < -0.3 is 15.1 Å². The monoisotopic (exact) mass is 319 g/mol. The molecule has 2 amide bonds. The summed E-state index contributed by atoms with van der Waals surface area (Å²) in [5.74, 6) is 0.761. The van der Waals surface area contributed by atoms with Gasteiger partial charge in [0.1, 0.15) is 5.76 Å². The van der Waals surface area contributed by atoms with Gasteiger partial charge >= 0.3 is 0 Å². The van der Waals surface area contributed by atoms with Crippen molar-refractivity contribution in [3.63, 3.8) is 0 Å². The zero-order chi connectivity index (χ0) is 16.1. The molecule has 1 unspecified atom stereocenters. The Labute approximate surface area is 136 Å². The molecule has 3 rings (SSSR count). The summed E-state index contributed by atoms with van der Waals surface area (Å²) in [5, 5.41) is 5.99. The van der Waals surface area contributed by atoms with Crippen LogP contribution in [0, 0.1) is 0 Å². The van der Waals surface area contributed by atoms with Gasteiger partial charge in [0, 0.05) is 6.04 Å². The summed E-state index contributed by atoms with van der Waals surface area (Å²) in [6.45, 7) is 1.51. The zero-order valence-corrected chi connectivity index (χ0v) is 13.4. The quantitative estimate of drug-likeness (QED) is 0.831. The zero-order valence-electron chi connectivity index (χ0n) is 13.4. The molecule has 1 atom stereocenters. The van der Waals surface area contributed by atoms with Crippen LogP contribution in [0.3, 0.4) is 0 Å². The average molecular weight is 319 g/mol. The molecule has 23 heavy (non-hydrogen) atoms. The second-order valence-corrected chi connectivity index (χ2v) is 6.47. The van der Waals surface area contributed by atoms with Gasteiger partial charge in [-0.2, -0.15) is 0 Å². The van der Waals surface area contributed by atoms with Gasteiger partial charge in [0.2, 0.25) is 11.8 Å². The SMILES string of the molecule is O=C(CN1CCCC1C(=O)NCc1ccco1)NC1CCCC1. The Morgan fingerprint density at radius 3 is 2.78 bits per heavy atom. The van der Waals surface area contributed by atoms with E-state index in [1.54, 1.807) is 12.3 Å². The fraction of sp³-hybridized carbons (Fsp3) is 0.647. The number of hydrogen-bond acceptors (Lipinski definition) is 4. The van der Waals surface area contributed by atoms with Gasteiger partial charge in [-0.05, 0) is 44.4 Å². The van der Waals surface area contributed by atoms with Crippen molar-refractivity contribution in [2.75, 3.05) is 13.1 Å². The second kappa shape index (κ2) is 7.64. The first-order chi connectivity index (χ1) is 11.2. The van der Waals surface area contributed by atoms with Gasteiger partial charge in [-0.3, -0.25) is 14.5 Å². The molecule has 1 saturated carbocycles. The van der Waals surface area contributed by atoms with Crippen molar-refractivity contribution in [2.24, 2.45) is 0 Å². The predicted molar refractivity (Wildman–Crippen MR) is 85.5 cm³/mol. The van der Waals surface area contributed by atoms with E-state index in [1.165, 1.54) is 12.8 Å². The molecule has 2 N–H and O–H groups in total. The summed E-state index contributed by atoms with van der Waals surface area (Å²) in [6.07, 6.45) is 7.92. The highest BCUT2D eigenvalue weighted by Crippen LogP contribution is 2.19. The Balaban J connectivity index is 1.46. The molecule has 2 aliphatic rings. The van der Waals surface area contributed by atoms with Crippen LogP contribution in [0.1, 0.15) is 44.3 Å². The molecule has 1 aliphatic carbocycles. The first-order valence-corrected chi connectivity index (χ1v) is 8.56. The van der Waals surface area contributed by atoms with Crippen LogP contribution >= 0.6 is 0 Å². The largest absolute Gasteiger partial charge is 0.467 e. The van der Waals surface area contributed by atoms with E-state index in [0.717, 1.165) is 38.0 Å². The molecule has 1 saturated heterocycles. The Morgan fingerprint density at radius 1 is 1.22 bits per heavy atom. The molecule has 126 valence electrons. The summed E-state index contributed by atoms with van der Waals surface area (Å²) in [4.78, 5) is 26.5. The lowest BCUT2D eigenvalue weighted by molar-refractivity contribution is -0.128. The van der Waals surface area contributed by atoms with Crippen molar-refractivity contribution in [1.82, 2.24) is 15.5 Å². The Morgan fingerprint density at radius 2 is 2.04 bits per heavy atom. The van der Waals surface area contributed by atoms with Crippen LogP contribution in [0.25, 0.3) is 0 Å². The number of nitrogens with one attached hydrogen (secondary N) is 2. The van der Waals surface area contributed by atoms with Gasteiger partial charge in [0.15, 0.2) is 0 Å². The standard InChI is InChI=1S/C17H25N3O3/c21-16(19-13-5-1-2-6-13)12-20-9-3-8-15(20)17(22)18-11-14-7-4-10-23-14/h4,7,10,13,15H,1-3,5-6,8-9,11-12H2,(H,18,22)(H,19,21). The fourth-order valence-corrected chi connectivity index (χ4v) is 3.55. The predicted octanol–water partition coefficient (Wildman–Crippen LogP) is 1.42. The van der Waals surface area contributed by atoms with Crippen molar-refractivity contribution in [3.8, 4) is 0 Å². The van der Waals surface area contributed by atoms with Gasteiger partial charge in [0.25, 0.3) is 0 Å². The van der Waals surface area contributed by atoms with Crippen molar-refractivity contribution < 1.29 is 14.0 Å². The molecule has 6 heteroatoms. The number of furan rings is 1. The topological polar surface area (TPSA) is 74.6 Å². The average Bonchev–Trinajstić information content (AvgIpc) is 3.27. The maximum absolute atomic E-state index is 12.4. The van der Waals surface area contributed by atoms with E-state index in [9.17, 15) is 9.59 Å². The second-order valence-electron chi connectivity index (χ2n) is 6.47. The summed E-state index contributed by atoms with van der Waals surface area (Å²) in [5.41, 5.74) is 0. The fourth-order valence-electron chi connectivity index (χ4n) is 3.55. The highest BCUT2D eigenvalue weighted by Gasteiger charge is 2.32. The molecule has 6 nitrogen and oxygen atoms in total. The van der Waals surface area contributed by atoms with E-state index >= 15 is 0 Å². The number of amides is 2. The minimum atomic E-state index is -0.209. The summed E-state index contributed by atoms with van der Waals surface area (Å²) < 4.78 is 5.22. The third kappa shape index (κ3) is 4.34. The van der Waals surface area contributed by atoms with E-state index in [-0.39, 0.29) is 17.9 Å². The first kappa shape index (κ1) is 16.1. The van der Waals surface area contributed by atoms with Crippen LogP contribution in [-0.2, 0) is 16.1 Å². The van der Waals surface area contributed by atoms with Crippen LogP contribution < -0.4 is 10.6 Å². The molecule has 1 aliphatic heterocycles. The van der Waals surface area contributed by atoms with E-state index in [0.29, 0.717) is 19.1 Å². The molecule has 1 aromatic heterocycles. The molecule has 1 aromatic rings. The lowest BCUT2D eigenvalue weighted by Gasteiger charge is -2.23. The van der Waals surface area contributed by atoms with Crippen LogP contribution in [0.5, 0.6) is 0 Å². The van der Waals surface area contributed by atoms with Crippen molar-refractivity contribution in [3.05, 3.63) is 24.2 Å². The molecule has 0 aromatic carbocycles. The van der Waals surface area contributed by atoms with Crippen LogP contribution in [0.2, 0.25) is 0 Å². The maximum Gasteiger partial charge on any atom is 0.237 e. The highest BCUT2D eigenvalue weighted by molar-refractivity contribution is 5.84. The maximum atomic E-state index is 12.4. The molecular weight excluding hydrogens is 294 g/mol. The lowest BCUT2D eigenvalue weighted by atomic mass is 10.2. The van der Waals surface area contributed by atoms with Crippen LogP contribution in [-0.4, -0.2) is 41.9 Å². The number of nitrogens with zero attached hydrogens (tertiary/aromatic N) is 1. The number of hydrogen-bond donors (Lipinski definition) is 2. The highest BCUT2D eigenvalue weighted by atomic mass is 16.3. The van der Waals surface area contributed by atoms with Crippen molar-refractivity contribution >= 4 is 11.8 Å². The number of carbonyl (C=O) groups is 2. The lowest BCUT2D eigenvalue weighted by Crippen LogP contribution is -2.48. The van der Waals surface area contributed by atoms with Gasteiger partial charge in [-0.15, -0.1) is 0 Å². The molecule has 2 heterocycles. The van der Waals surface area contributed by atoms with Crippen molar-refractivity contribution in [2.45, 2.75) is 57.2 Å². The minimum absolute atomic E-state index is 0.0208. The number of carbonyl (C=O) groups excluding carboxylic acids is 2. The van der Waals surface area contributed by atoms with Crippen LogP contribution in [0.4, 0.5) is 0 Å². The summed E-state index contributed by atoms with van der Waals surface area (Å²) in [7, 11) is 0. The van der Waals surface area contributed by atoms with Crippen molar-refractivity contribution in [1.29, 1.82) is 0 Å². The summed E-state index contributed by atoms with van der Waals surface area (Å²) in [6, 6.07) is 3.76. The Hall–Kier alpha value is -1.82. The Bertz CT molecular complexity index is 523. The molecule has 2 fully saturated rings. The Kier molecular flexibility index (Phi) is 5.33. The van der Waals surface area contributed by atoms with Gasteiger partial charge in [0.05, 0.1) is 25.4 Å². The van der Waals surface area contributed by atoms with E-state index in [4.69, 9.17) is 4.42 Å². The summed E-state index contributed by atoms with van der Waals surface area (Å²) >= 11 is 0. The normalized spacial score (nSPS) is 22.3. The first-order valence-electron chi connectivity index (χ1n) is 8.56. The van der Waals surface area contributed by atoms with Crippen LogP contribution in [0.15, 0.2) is 22.8 Å². The molecule has 0 spiro atoms. The van der Waals surface area contributed by atoms with E-state index in [2.05, 4.69) is 10.6 Å².